The van der Waals surface area contributed by atoms with E-state index >= 15 is 0 Å². The molecule has 2 aromatic rings. The normalized spacial score (nSPS) is 22.2. The zero-order valence-electron chi connectivity index (χ0n) is 14.8. The van der Waals surface area contributed by atoms with Crippen LogP contribution in [0.25, 0.3) is 0 Å². The largest absolute Gasteiger partial charge is 0.453 e. The maximum atomic E-state index is 12.4. The topological polar surface area (TPSA) is 26.3 Å². The highest BCUT2D eigenvalue weighted by molar-refractivity contribution is 5.94. The minimum atomic E-state index is -0.172. The molecular weight excluding hydrogens is 296 g/mol. The number of ether oxygens (including phenoxy) is 1. The van der Waals surface area contributed by atoms with Crippen LogP contribution in [0.1, 0.15) is 77.4 Å². The van der Waals surface area contributed by atoms with E-state index in [0.29, 0.717) is 5.92 Å². The first kappa shape index (κ1) is 15.4. The van der Waals surface area contributed by atoms with Gasteiger partial charge in [-0.2, -0.15) is 0 Å². The Kier molecular flexibility index (Phi) is 3.35. The molecule has 2 unspecified atom stereocenters. The predicted molar refractivity (Wildman–Crippen MR) is 95.4 cm³/mol. The fourth-order valence-corrected chi connectivity index (χ4v) is 4.27. The van der Waals surface area contributed by atoms with Gasteiger partial charge >= 0.3 is 5.97 Å². The van der Waals surface area contributed by atoms with Crippen LogP contribution in [0.5, 0.6) is 0 Å². The van der Waals surface area contributed by atoms with Gasteiger partial charge in [-0.15, -0.1) is 0 Å². The summed E-state index contributed by atoms with van der Waals surface area (Å²) < 4.78 is 5.76. The lowest BCUT2D eigenvalue weighted by atomic mass is 9.78. The molecule has 1 aliphatic heterocycles. The van der Waals surface area contributed by atoms with Gasteiger partial charge in [-0.1, -0.05) is 56.7 Å². The van der Waals surface area contributed by atoms with E-state index in [-0.39, 0.29) is 17.5 Å². The van der Waals surface area contributed by atoms with Gasteiger partial charge < -0.3 is 4.74 Å². The third kappa shape index (κ3) is 2.28. The first-order valence-corrected chi connectivity index (χ1v) is 8.79. The molecule has 0 saturated heterocycles. The fourth-order valence-electron chi connectivity index (χ4n) is 4.27. The molecule has 4 rings (SSSR count). The molecule has 0 bridgehead atoms. The maximum absolute atomic E-state index is 12.4. The van der Waals surface area contributed by atoms with E-state index in [4.69, 9.17) is 4.74 Å². The number of carbonyl (C=O) groups excluding carboxylic acids is 1. The van der Waals surface area contributed by atoms with Crippen molar-refractivity contribution in [3.63, 3.8) is 0 Å². The number of rotatable bonds is 1. The van der Waals surface area contributed by atoms with Gasteiger partial charge in [0, 0.05) is 16.9 Å². The molecule has 0 N–H and O–H groups in total. The van der Waals surface area contributed by atoms with E-state index in [9.17, 15) is 4.79 Å². The second kappa shape index (κ2) is 5.20. The molecule has 0 amide bonds. The fraction of sp³-hybridized carbons (Fsp3) is 0.409. The average molecular weight is 320 g/mol. The van der Waals surface area contributed by atoms with Crippen LogP contribution in [0.4, 0.5) is 0 Å². The molecule has 2 aromatic carbocycles. The van der Waals surface area contributed by atoms with Crippen LogP contribution in [-0.4, -0.2) is 5.97 Å². The lowest BCUT2D eigenvalue weighted by Gasteiger charge is -2.28. The summed E-state index contributed by atoms with van der Waals surface area (Å²) in [5.74, 6) is 0.198. The molecule has 2 aliphatic rings. The van der Waals surface area contributed by atoms with E-state index in [1.54, 1.807) is 0 Å². The van der Waals surface area contributed by atoms with E-state index in [1.807, 2.05) is 12.1 Å². The van der Waals surface area contributed by atoms with Crippen LogP contribution in [0.3, 0.4) is 0 Å². The van der Waals surface area contributed by atoms with Crippen LogP contribution in [0.2, 0.25) is 0 Å². The van der Waals surface area contributed by atoms with Crippen LogP contribution in [0, 0.1) is 12.3 Å². The Bertz CT molecular complexity index is 826. The molecule has 0 radical (unpaired) electrons. The predicted octanol–water partition coefficient (Wildman–Crippen LogP) is 5.33. The van der Waals surface area contributed by atoms with Gasteiger partial charge in [0.15, 0.2) is 0 Å². The molecule has 2 heteroatoms. The van der Waals surface area contributed by atoms with Gasteiger partial charge in [0.2, 0.25) is 0 Å². The Morgan fingerprint density at radius 2 is 1.88 bits per heavy atom. The number of hydrogen-bond acceptors (Lipinski definition) is 2. The molecule has 2 atom stereocenters. The van der Waals surface area contributed by atoms with E-state index in [1.165, 1.54) is 22.3 Å². The Labute approximate surface area is 143 Å². The molecule has 1 heterocycles. The van der Waals surface area contributed by atoms with Gasteiger partial charge in [-0.3, -0.25) is 0 Å². The highest BCUT2D eigenvalue weighted by atomic mass is 16.5. The third-order valence-electron chi connectivity index (χ3n) is 5.39. The Balaban J connectivity index is 1.87. The van der Waals surface area contributed by atoms with Gasteiger partial charge in [-0.25, -0.2) is 4.79 Å². The van der Waals surface area contributed by atoms with Crippen molar-refractivity contribution < 1.29 is 9.53 Å². The lowest BCUT2D eigenvalue weighted by Crippen LogP contribution is -2.19. The van der Waals surface area contributed by atoms with Crippen molar-refractivity contribution in [3.05, 3.63) is 69.8 Å². The van der Waals surface area contributed by atoms with Crippen LogP contribution in [-0.2, 0) is 11.2 Å². The second-order valence-corrected chi connectivity index (χ2v) is 8.25. The standard InChI is InChI=1S/C22H24O2/c1-13-8-10-15-14(12-13)9-11-16(15)17-6-5-7-18-19(17)20(22(2,3)4)24-21(18)23/h5-8,10,12,16,20H,9,11H2,1-4H3. The van der Waals surface area contributed by atoms with Gasteiger partial charge in [-0.05, 0) is 42.5 Å². The number of esters is 1. The van der Waals surface area contributed by atoms with E-state index < -0.39 is 0 Å². The number of aryl methyl sites for hydroxylation is 2. The van der Waals surface area contributed by atoms with Crippen molar-refractivity contribution in [2.45, 2.75) is 52.6 Å². The summed E-state index contributed by atoms with van der Waals surface area (Å²) >= 11 is 0. The minimum Gasteiger partial charge on any atom is -0.453 e. The smallest absolute Gasteiger partial charge is 0.339 e. The molecule has 0 aromatic heterocycles. The van der Waals surface area contributed by atoms with Crippen molar-refractivity contribution in [3.8, 4) is 0 Å². The zero-order chi connectivity index (χ0) is 17.1. The molecule has 0 saturated carbocycles. The summed E-state index contributed by atoms with van der Waals surface area (Å²) in [6.07, 6.45) is 2.06. The van der Waals surface area contributed by atoms with Crippen LogP contribution >= 0.6 is 0 Å². The maximum Gasteiger partial charge on any atom is 0.339 e. The first-order chi connectivity index (χ1) is 11.4. The molecule has 0 fully saturated rings. The van der Waals surface area contributed by atoms with E-state index in [0.717, 1.165) is 24.0 Å². The number of carbonyl (C=O) groups is 1. The van der Waals surface area contributed by atoms with E-state index in [2.05, 4.69) is 52.0 Å². The molecule has 124 valence electrons. The number of cyclic esters (lactones) is 1. The number of benzene rings is 2. The summed E-state index contributed by atoms with van der Waals surface area (Å²) in [5.41, 5.74) is 7.24. The summed E-state index contributed by atoms with van der Waals surface area (Å²) in [4.78, 5) is 12.4. The molecule has 0 spiro atoms. The second-order valence-electron chi connectivity index (χ2n) is 8.25. The van der Waals surface area contributed by atoms with Crippen molar-refractivity contribution in [1.29, 1.82) is 0 Å². The first-order valence-electron chi connectivity index (χ1n) is 8.79. The minimum absolute atomic E-state index is 0.105. The van der Waals surface area contributed by atoms with Crippen LogP contribution < -0.4 is 0 Å². The summed E-state index contributed by atoms with van der Waals surface area (Å²) in [5, 5.41) is 0. The third-order valence-corrected chi connectivity index (χ3v) is 5.39. The molecule has 1 aliphatic carbocycles. The Hall–Kier alpha value is -2.09. The summed E-state index contributed by atoms with van der Waals surface area (Å²) in [7, 11) is 0. The average Bonchev–Trinajstić information content (AvgIpc) is 3.08. The molecule has 2 nitrogen and oxygen atoms in total. The lowest BCUT2D eigenvalue weighted by molar-refractivity contribution is 0.00751. The van der Waals surface area contributed by atoms with Crippen molar-refractivity contribution in [2.24, 2.45) is 5.41 Å². The number of hydrogen-bond donors (Lipinski definition) is 0. The van der Waals surface area contributed by atoms with Crippen LogP contribution in [0.15, 0.2) is 36.4 Å². The van der Waals surface area contributed by atoms with Crippen molar-refractivity contribution in [1.82, 2.24) is 0 Å². The monoisotopic (exact) mass is 320 g/mol. The molecule has 24 heavy (non-hydrogen) atoms. The van der Waals surface area contributed by atoms with Gasteiger partial charge in [0.05, 0.1) is 5.56 Å². The zero-order valence-corrected chi connectivity index (χ0v) is 14.8. The van der Waals surface area contributed by atoms with Crippen molar-refractivity contribution in [2.75, 3.05) is 0 Å². The SMILES string of the molecule is Cc1ccc2c(c1)CCC2c1cccc2c1C(C(C)(C)C)OC2=O. The van der Waals surface area contributed by atoms with Gasteiger partial charge in [0.1, 0.15) is 6.10 Å². The summed E-state index contributed by atoms with van der Waals surface area (Å²) in [6, 6.07) is 12.9. The van der Waals surface area contributed by atoms with Gasteiger partial charge in [0.25, 0.3) is 0 Å². The molecular formula is C22H24O2. The quantitative estimate of drug-likeness (QED) is 0.664. The Morgan fingerprint density at radius 1 is 1.08 bits per heavy atom. The highest BCUT2D eigenvalue weighted by Crippen LogP contribution is 2.49. The highest BCUT2D eigenvalue weighted by Gasteiger charge is 2.42. The number of fused-ring (bicyclic) bond motifs is 2. The Morgan fingerprint density at radius 3 is 2.62 bits per heavy atom. The van der Waals surface area contributed by atoms with Crippen molar-refractivity contribution >= 4 is 5.97 Å². The summed E-state index contributed by atoms with van der Waals surface area (Å²) in [6.45, 7) is 8.57.